The minimum absolute atomic E-state index is 1.04. The molecule has 0 fully saturated rings. The van der Waals surface area contributed by atoms with Gasteiger partial charge in [0.15, 0.2) is 0 Å². The average molecular weight is 232 g/mol. The van der Waals surface area contributed by atoms with E-state index in [1.165, 1.54) is 16.7 Å². The van der Waals surface area contributed by atoms with Crippen LogP contribution >= 0.6 is 12.6 Å². The van der Waals surface area contributed by atoms with Gasteiger partial charge in [-0.15, -0.1) is 12.6 Å². The summed E-state index contributed by atoms with van der Waals surface area (Å²) in [6, 6.07) is 0. The molecular weight excluding hydrogens is 212 g/mol. The lowest BCUT2D eigenvalue weighted by Crippen LogP contribution is -1.91. The van der Waals surface area contributed by atoms with E-state index in [0.717, 1.165) is 17.7 Å². The van der Waals surface area contributed by atoms with Gasteiger partial charge in [0.05, 0.1) is 0 Å². The van der Waals surface area contributed by atoms with E-state index < -0.39 is 0 Å². The topological polar surface area (TPSA) is 0 Å². The average Bonchev–Trinajstić information content (AvgIpc) is 2.24. The smallest absolute Gasteiger partial charge is 0.0161 e. The highest BCUT2D eigenvalue weighted by molar-refractivity contribution is 7.84. The minimum atomic E-state index is 1.04. The van der Waals surface area contributed by atoms with Crippen molar-refractivity contribution in [3.8, 4) is 0 Å². The molecule has 1 heteroatoms. The van der Waals surface area contributed by atoms with E-state index in [1.807, 2.05) is 6.92 Å². The van der Waals surface area contributed by atoms with Gasteiger partial charge in [-0.25, -0.2) is 0 Å². The molecule has 1 aliphatic rings. The third-order valence-corrected chi connectivity index (χ3v) is 2.98. The van der Waals surface area contributed by atoms with Crippen molar-refractivity contribution in [2.75, 3.05) is 0 Å². The van der Waals surface area contributed by atoms with Gasteiger partial charge in [-0.1, -0.05) is 30.4 Å². The molecule has 16 heavy (non-hydrogen) atoms. The maximum Gasteiger partial charge on any atom is -0.0161 e. The van der Waals surface area contributed by atoms with Gasteiger partial charge in [0.1, 0.15) is 0 Å². The molecule has 0 aliphatic heterocycles. The Morgan fingerprint density at radius 1 is 1.38 bits per heavy atom. The molecule has 0 atom stereocenters. The van der Waals surface area contributed by atoms with Crippen molar-refractivity contribution >= 4 is 12.6 Å². The van der Waals surface area contributed by atoms with E-state index in [2.05, 4.69) is 62.9 Å². The summed E-state index contributed by atoms with van der Waals surface area (Å²) in [6.45, 7) is 6.27. The quantitative estimate of drug-likeness (QED) is 0.503. The van der Waals surface area contributed by atoms with Crippen LogP contribution in [0.15, 0.2) is 58.1 Å². The van der Waals surface area contributed by atoms with Crippen LogP contribution in [0.3, 0.4) is 0 Å². The molecule has 0 bridgehead atoms. The summed E-state index contributed by atoms with van der Waals surface area (Å²) < 4.78 is 0. The molecule has 1 aliphatic carbocycles. The molecule has 0 heterocycles. The third-order valence-electron chi connectivity index (χ3n) is 2.63. The predicted molar refractivity (Wildman–Crippen MR) is 76.7 cm³/mol. The number of hydrogen-bond acceptors (Lipinski definition) is 1. The van der Waals surface area contributed by atoms with Gasteiger partial charge in [-0.3, -0.25) is 0 Å². The second-order valence-electron chi connectivity index (χ2n) is 3.92. The zero-order valence-electron chi connectivity index (χ0n) is 10.3. The fourth-order valence-corrected chi connectivity index (χ4v) is 2.13. The van der Waals surface area contributed by atoms with E-state index >= 15 is 0 Å². The van der Waals surface area contributed by atoms with Crippen LogP contribution in [0.5, 0.6) is 0 Å². The van der Waals surface area contributed by atoms with Gasteiger partial charge in [0.25, 0.3) is 0 Å². The number of hydrogen-bond donors (Lipinski definition) is 1. The molecule has 0 nitrogen and oxygen atoms in total. The highest BCUT2D eigenvalue weighted by atomic mass is 32.1. The largest absolute Gasteiger partial charge is 0.148 e. The molecule has 0 aromatic rings. The van der Waals surface area contributed by atoms with Crippen molar-refractivity contribution < 1.29 is 0 Å². The van der Waals surface area contributed by atoms with Crippen LogP contribution in [-0.2, 0) is 0 Å². The third kappa shape index (κ3) is 3.57. The molecule has 0 radical (unpaired) electrons. The van der Waals surface area contributed by atoms with Crippen LogP contribution in [0.1, 0.15) is 33.6 Å². The van der Waals surface area contributed by atoms with Crippen molar-refractivity contribution in [2.24, 2.45) is 0 Å². The molecule has 0 spiro atoms. The Morgan fingerprint density at radius 3 is 2.75 bits per heavy atom. The monoisotopic (exact) mass is 232 g/mol. The molecular formula is C15H20S. The maximum absolute atomic E-state index is 4.48. The maximum atomic E-state index is 4.48. The van der Waals surface area contributed by atoms with Crippen molar-refractivity contribution in [2.45, 2.75) is 33.6 Å². The minimum Gasteiger partial charge on any atom is -0.148 e. The van der Waals surface area contributed by atoms with Crippen LogP contribution in [0.2, 0.25) is 0 Å². The number of rotatable bonds is 2. The van der Waals surface area contributed by atoms with Gasteiger partial charge in [-0.2, -0.15) is 0 Å². The normalized spacial score (nSPS) is 26.5. The van der Waals surface area contributed by atoms with Crippen molar-refractivity contribution in [3.63, 3.8) is 0 Å². The lowest BCUT2D eigenvalue weighted by atomic mass is 9.97. The van der Waals surface area contributed by atoms with E-state index in [4.69, 9.17) is 0 Å². The molecule has 0 N–H and O–H groups in total. The molecule has 0 saturated carbocycles. The summed E-state index contributed by atoms with van der Waals surface area (Å²) in [5.41, 5.74) is 3.86. The van der Waals surface area contributed by atoms with Gasteiger partial charge in [0, 0.05) is 0 Å². The number of allylic oxidation sites excluding steroid dienone is 10. The first-order valence-electron chi connectivity index (χ1n) is 5.75. The Kier molecular flexibility index (Phi) is 5.41. The van der Waals surface area contributed by atoms with Crippen molar-refractivity contribution in [1.29, 1.82) is 0 Å². The highest BCUT2D eigenvalue weighted by Crippen LogP contribution is 2.24. The van der Waals surface area contributed by atoms with Crippen LogP contribution in [-0.4, -0.2) is 0 Å². The standard InChI is InChI=1S/C15H20S/c1-4-8-13(5-2)15-10-7-6-9-14(16)11-12(15)3/h4-5,7-8,10-11,16H,6,9H2,1-3H3/b8-4-,10-7?,13-5+,14-11+,15-12-. The van der Waals surface area contributed by atoms with Crippen LogP contribution < -0.4 is 0 Å². The van der Waals surface area contributed by atoms with Crippen LogP contribution in [0, 0.1) is 0 Å². The zero-order chi connectivity index (χ0) is 12.0. The fourth-order valence-electron chi connectivity index (χ4n) is 1.81. The van der Waals surface area contributed by atoms with Crippen LogP contribution in [0.4, 0.5) is 0 Å². The Morgan fingerprint density at radius 2 is 2.12 bits per heavy atom. The molecule has 0 aromatic heterocycles. The molecule has 86 valence electrons. The summed E-state index contributed by atoms with van der Waals surface area (Å²) in [5.74, 6) is 0. The van der Waals surface area contributed by atoms with Gasteiger partial charge in [-0.05, 0) is 61.3 Å². The zero-order valence-corrected chi connectivity index (χ0v) is 11.2. The van der Waals surface area contributed by atoms with E-state index in [-0.39, 0.29) is 0 Å². The Bertz CT molecular complexity index is 390. The molecule has 0 saturated heterocycles. The van der Waals surface area contributed by atoms with E-state index in [0.29, 0.717) is 0 Å². The van der Waals surface area contributed by atoms with Crippen LogP contribution in [0.25, 0.3) is 0 Å². The first-order chi connectivity index (χ1) is 7.69. The van der Waals surface area contributed by atoms with E-state index in [1.54, 1.807) is 0 Å². The van der Waals surface area contributed by atoms with E-state index in [9.17, 15) is 0 Å². The summed E-state index contributed by atoms with van der Waals surface area (Å²) in [7, 11) is 0. The first-order valence-corrected chi connectivity index (χ1v) is 6.20. The van der Waals surface area contributed by atoms with Gasteiger partial charge in [0.2, 0.25) is 0 Å². The Balaban J connectivity index is 3.20. The summed E-state index contributed by atoms with van der Waals surface area (Å²) >= 11 is 4.48. The van der Waals surface area contributed by atoms with Crippen molar-refractivity contribution in [1.82, 2.24) is 0 Å². The molecule has 0 amide bonds. The predicted octanol–water partition coefficient (Wildman–Crippen LogP) is 4.99. The molecule has 0 unspecified atom stereocenters. The molecule has 0 aromatic carbocycles. The summed E-state index contributed by atoms with van der Waals surface area (Å²) in [5, 5.41) is 0. The Hall–Kier alpha value is -0.950. The van der Waals surface area contributed by atoms with Gasteiger partial charge < -0.3 is 0 Å². The first kappa shape index (κ1) is 13.1. The van der Waals surface area contributed by atoms with Gasteiger partial charge >= 0.3 is 0 Å². The van der Waals surface area contributed by atoms with Crippen molar-refractivity contribution in [3.05, 3.63) is 58.1 Å². The summed E-state index contributed by atoms with van der Waals surface area (Å²) in [6.07, 6.45) is 15.1. The fraction of sp³-hybridized carbons (Fsp3) is 0.333. The molecule has 1 rings (SSSR count). The lowest BCUT2D eigenvalue weighted by molar-refractivity contribution is 1.03. The highest BCUT2D eigenvalue weighted by Gasteiger charge is 2.04. The Labute approximate surface area is 105 Å². The second kappa shape index (κ2) is 6.59. The summed E-state index contributed by atoms with van der Waals surface area (Å²) in [4.78, 5) is 1.16. The SMILES string of the molecule is C\C=C/C(=C\C)C1=C(C)\C=C(\S)CCC=C\1. The number of thiol groups is 1. The second-order valence-corrected chi connectivity index (χ2v) is 4.49. The lowest BCUT2D eigenvalue weighted by Gasteiger charge is -2.10.